The Bertz CT molecular complexity index is 2670. The van der Waals surface area contributed by atoms with Gasteiger partial charge in [0.05, 0.1) is 56.4 Å². The molecule has 5 aliphatic carbocycles. The quantitative estimate of drug-likeness (QED) is 0.0372. The van der Waals surface area contributed by atoms with Gasteiger partial charge in [-0.05, 0) is 112 Å². The van der Waals surface area contributed by atoms with Gasteiger partial charge in [-0.2, -0.15) is 0 Å². The molecule has 14 N–H and O–H groups in total. The number of aliphatic hydroxyl groups excluding tert-OH is 14. The lowest BCUT2D eigenvalue weighted by atomic mass is 9.33. The molecule has 29 nitrogen and oxygen atoms in total. The van der Waals surface area contributed by atoms with Crippen LogP contribution in [0.3, 0.4) is 0 Å². The molecule has 5 aliphatic heterocycles. The number of hydrogen-bond donors (Lipinski definition) is 14. The Morgan fingerprint density at radius 3 is 1.74 bits per heavy atom. The van der Waals surface area contributed by atoms with Gasteiger partial charge in [0.1, 0.15) is 84.8 Å². The van der Waals surface area contributed by atoms with E-state index in [1.807, 2.05) is 6.92 Å². The molecule has 526 valence electrons. The van der Waals surface area contributed by atoms with Gasteiger partial charge >= 0.3 is 17.9 Å². The van der Waals surface area contributed by atoms with Gasteiger partial charge in [0.15, 0.2) is 43.5 Å². The predicted molar refractivity (Wildman–Crippen MR) is 308 cm³/mol. The maximum absolute atomic E-state index is 15.8. The molecule has 0 radical (unpaired) electrons. The molecule has 0 bridgehead atoms. The molecule has 92 heavy (non-hydrogen) atoms. The monoisotopic (exact) mass is 1320 g/mol. The zero-order valence-electron chi connectivity index (χ0n) is 54.1. The van der Waals surface area contributed by atoms with Crippen LogP contribution in [-0.2, 0) is 71.2 Å². The number of carbonyl (C=O) groups excluding carboxylic acids is 3. The maximum Gasteiger partial charge on any atom is 0.317 e. The number of fused-ring (bicyclic) bond motifs is 7. The van der Waals surface area contributed by atoms with Gasteiger partial charge < -0.3 is 128 Å². The van der Waals surface area contributed by atoms with E-state index in [2.05, 4.69) is 40.7 Å². The van der Waals surface area contributed by atoms with Crippen molar-refractivity contribution in [1.29, 1.82) is 0 Å². The second kappa shape index (κ2) is 26.5. The highest BCUT2D eigenvalue weighted by atomic mass is 16.8. The lowest BCUT2D eigenvalue weighted by Crippen LogP contribution is -2.70. The van der Waals surface area contributed by atoms with Gasteiger partial charge in [-0.1, -0.05) is 53.2 Å². The first-order chi connectivity index (χ1) is 42.9. The highest BCUT2D eigenvalue weighted by Crippen LogP contribution is 2.76. The molecule has 29 heteroatoms. The number of ether oxygens (including phenoxy) is 12. The minimum Gasteiger partial charge on any atom is -0.457 e. The second-order valence-electron chi connectivity index (χ2n) is 29.9. The van der Waals surface area contributed by atoms with Crippen LogP contribution < -0.4 is 0 Å². The van der Waals surface area contributed by atoms with Crippen LogP contribution in [0, 0.1) is 50.2 Å². The summed E-state index contributed by atoms with van der Waals surface area (Å²) in [6.07, 6.45) is -37.6. The summed E-state index contributed by atoms with van der Waals surface area (Å²) >= 11 is 0. The van der Waals surface area contributed by atoms with Gasteiger partial charge in [0.2, 0.25) is 6.29 Å². The van der Waals surface area contributed by atoms with Crippen molar-refractivity contribution in [2.75, 3.05) is 19.8 Å². The van der Waals surface area contributed by atoms with E-state index < -0.39 is 236 Å². The summed E-state index contributed by atoms with van der Waals surface area (Å²) in [7, 11) is 0. The number of esters is 3. The number of hydrogen-bond acceptors (Lipinski definition) is 29. The Morgan fingerprint density at radius 1 is 0.533 bits per heavy atom. The van der Waals surface area contributed by atoms with Gasteiger partial charge in [-0.15, -0.1) is 0 Å². The van der Waals surface area contributed by atoms with Gasteiger partial charge in [-0.25, -0.2) is 0 Å². The van der Waals surface area contributed by atoms with Crippen LogP contribution in [0.4, 0.5) is 0 Å². The molecular formula is C63H100O29. The van der Waals surface area contributed by atoms with Crippen molar-refractivity contribution in [1.82, 2.24) is 0 Å². The summed E-state index contributed by atoms with van der Waals surface area (Å²) in [4.78, 5) is 41.2. The van der Waals surface area contributed by atoms with Crippen LogP contribution in [0.5, 0.6) is 0 Å². The molecule has 10 aliphatic rings. The second-order valence-corrected chi connectivity index (χ2v) is 29.9. The first-order valence-electron chi connectivity index (χ1n) is 32.4. The van der Waals surface area contributed by atoms with Gasteiger partial charge in [0.25, 0.3) is 0 Å². The molecule has 0 aromatic heterocycles. The van der Waals surface area contributed by atoms with E-state index in [1.54, 1.807) is 0 Å². The molecule has 4 saturated carbocycles. The number of carbonyl (C=O) groups is 3. The van der Waals surface area contributed by atoms with E-state index in [9.17, 15) is 81.1 Å². The van der Waals surface area contributed by atoms with Crippen molar-refractivity contribution >= 4 is 17.9 Å². The van der Waals surface area contributed by atoms with Crippen molar-refractivity contribution in [3.05, 3.63) is 11.6 Å². The normalized spacial score (nSPS) is 53.4. The molecule has 0 amide bonds. The Hall–Kier alpha value is -2.77. The maximum atomic E-state index is 15.8. The highest BCUT2D eigenvalue weighted by molar-refractivity contribution is 5.80. The fourth-order valence-corrected chi connectivity index (χ4v) is 18.5. The SMILES string of the molecule is CC(=O)OC1C(C)OC(OC(=O)C23CCC(C)(C)CC2C2=CCC4C5(C)CC(O)C(OC6OC(CO)C(O)C(O)C6O)C(C)(CO)C5CCC4(C)C2(C)CC3O)C(OC2OC(C)C(OC3OCC(O)C(OC4OC(C)C(O)C(O)C4O)C3O)C(OC(C)=O)C2O)C1O. The highest BCUT2D eigenvalue weighted by Gasteiger charge is 2.73. The first kappa shape index (κ1) is 72.0. The molecule has 9 fully saturated rings. The average Bonchev–Trinajstić information content (AvgIpc) is 0.671. The van der Waals surface area contributed by atoms with Crippen molar-refractivity contribution in [3.63, 3.8) is 0 Å². The molecule has 0 spiro atoms. The van der Waals surface area contributed by atoms with Crippen molar-refractivity contribution in [3.8, 4) is 0 Å². The summed E-state index contributed by atoms with van der Waals surface area (Å²) in [5, 5.41) is 157. The first-order valence-corrected chi connectivity index (χ1v) is 32.4. The van der Waals surface area contributed by atoms with E-state index in [-0.39, 0.29) is 36.5 Å². The Kier molecular flexibility index (Phi) is 20.7. The number of aliphatic hydroxyl groups is 14. The van der Waals surface area contributed by atoms with Gasteiger partial charge in [-0.3, -0.25) is 14.4 Å². The van der Waals surface area contributed by atoms with Crippen LogP contribution in [0.15, 0.2) is 11.6 Å². The predicted octanol–water partition coefficient (Wildman–Crippen LogP) is -2.43. The van der Waals surface area contributed by atoms with Crippen LogP contribution in [0.25, 0.3) is 0 Å². The summed E-state index contributed by atoms with van der Waals surface area (Å²) in [6.45, 7) is 17.2. The van der Waals surface area contributed by atoms with E-state index in [0.29, 0.717) is 32.1 Å². The van der Waals surface area contributed by atoms with E-state index >= 15 is 4.79 Å². The van der Waals surface area contributed by atoms with Crippen molar-refractivity contribution in [2.45, 2.75) is 293 Å². The van der Waals surface area contributed by atoms with Crippen LogP contribution in [0.2, 0.25) is 0 Å². The molecular weight excluding hydrogens is 1220 g/mol. The zero-order valence-corrected chi connectivity index (χ0v) is 54.1. The Morgan fingerprint density at radius 2 is 1.10 bits per heavy atom. The van der Waals surface area contributed by atoms with Crippen LogP contribution >= 0.6 is 0 Å². The largest absolute Gasteiger partial charge is 0.457 e. The number of rotatable bonds is 14. The summed E-state index contributed by atoms with van der Waals surface area (Å²) in [6, 6.07) is 0. The van der Waals surface area contributed by atoms with Crippen molar-refractivity contribution in [2.24, 2.45) is 50.2 Å². The average molecular weight is 1320 g/mol. The van der Waals surface area contributed by atoms with Crippen LogP contribution in [0.1, 0.15) is 128 Å². The molecule has 5 saturated heterocycles. The minimum absolute atomic E-state index is 0.0880. The fraction of sp³-hybridized carbons (Fsp3) is 0.921. The third-order valence-electron chi connectivity index (χ3n) is 23.7. The molecule has 0 aromatic rings. The standard InChI is InChI=1S/C63H100O29/c1-24-37(71)39(73)41(75)53(82-24)89-48-32(69)22-81-52(44(48)78)88-47-26(3)83-55(45(79)49(47)86-28(5)67)90-50-43(77)46(85-27(4)66)25(2)84-56(50)92-57(80)63-17-16-58(6,7)18-30(63)29-12-13-35-59(8)19-31(68)51(91-54-42(76)40(74)38(72)33(21-64)87-54)60(9,23-65)34(59)14-15-61(35,10)62(29,11)20-36(63)70/h12,24-26,30-56,64-65,68-79H,13-23H2,1-11H3. The van der Waals surface area contributed by atoms with Gasteiger partial charge in [0, 0.05) is 19.3 Å². The lowest BCUT2D eigenvalue weighted by Gasteiger charge is -2.72. The van der Waals surface area contributed by atoms with Crippen LogP contribution in [-0.4, -0.2) is 275 Å². The molecule has 35 atom stereocenters. The summed E-state index contributed by atoms with van der Waals surface area (Å²) in [5.41, 5.74) is -4.25. The molecule has 5 heterocycles. The third kappa shape index (κ3) is 12.1. The zero-order chi connectivity index (χ0) is 67.6. The number of allylic oxidation sites excluding steroid dienone is 2. The van der Waals surface area contributed by atoms with E-state index in [4.69, 9.17) is 56.8 Å². The smallest absolute Gasteiger partial charge is 0.317 e. The molecule has 35 unspecified atom stereocenters. The minimum atomic E-state index is -2.02. The third-order valence-corrected chi connectivity index (χ3v) is 23.7. The Labute approximate surface area is 534 Å². The topological polar surface area (TPSA) is 445 Å². The summed E-state index contributed by atoms with van der Waals surface area (Å²) in [5.74, 6) is -3.72. The fourth-order valence-electron chi connectivity index (χ4n) is 18.5. The molecule has 10 rings (SSSR count). The summed E-state index contributed by atoms with van der Waals surface area (Å²) < 4.78 is 71.7. The Balaban J connectivity index is 0.906. The van der Waals surface area contributed by atoms with E-state index in [0.717, 1.165) is 19.4 Å². The molecule has 0 aromatic carbocycles. The van der Waals surface area contributed by atoms with Crippen molar-refractivity contribution < 1.29 is 143 Å². The lowest BCUT2D eigenvalue weighted by molar-refractivity contribution is -0.380. The van der Waals surface area contributed by atoms with E-state index in [1.165, 1.54) is 20.8 Å².